The molecule has 90 valence electrons. The Balaban J connectivity index is 2.66. The highest BCUT2D eigenvalue weighted by Gasteiger charge is 2.12. The van der Waals surface area contributed by atoms with Gasteiger partial charge in [-0.05, 0) is 17.7 Å². The third-order valence-electron chi connectivity index (χ3n) is 2.16. The smallest absolute Gasteiger partial charge is 0.269 e. The van der Waals surface area contributed by atoms with Gasteiger partial charge in [0.1, 0.15) is 12.7 Å². The summed E-state index contributed by atoms with van der Waals surface area (Å²) in [5, 5.41) is 17.4. The first kappa shape index (κ1) is 13.2. The van der Waals surface area contributed by atoms with Crippen molar-refractivity contribution in [3.63, 3.8) is 0 Å². The van der Waals surface area contributed by atoms with Gasteiger partial charge in [-0.15, -0.1) is 6.42 Å². The van der Waals surface area contributed by atoms with Crippen molar-refractivity contribution < 1.29 is 19.8 Å². The summed E-state index contributed by atoms with van der Waals surface area (Å²) in [6.07, 6.45) is 4.59. The van der Waals surface area contributed by atoms with Gasteiger partial charge in [-0.1, -0.05) is 18.1 Å². The maximum absolute atomic E-state index is 10.8. The number of ether oxygens (including phenoxy) is 1. The van der Waals surface area contributed by atoms with Crippen molar-refractivity contribution in [2.45, 2.75) is 6.10 Å². The van der Waals surface area contributed by atoms with E-state index in [0.717, 1.165) is 5.56 Å². The highest BCUT2D eigenvalue weighted by atomic mass is 16.5. The quantitative estimate of drug-likeness (QED) is 0.387. The molecule has 1 aromatic carbocycles. The SMILES string of the molecule is C#Cc1ccc([C@H](CO)OCC(=O)NO)cc1. The zero-order chi connectivity index (χ0) is 12.7. The highest BCUT2D eigenvalue weighted by molar-refractivity contribution is 5.75. The number of benzene rings is 1. The molecule has 0 aliphatic carbocycles. The lowest BCUT2D eigenvalue weighted by atomic mass is 10.1. The van der Waals surface area contributed by atoms with Crippen molar-refractivity contribution in [1.82, 2.24) is 5.48 Å². The first-order valence-electron chi connectivity index (χ1n) is 4.93. The van der Waals surface area contributed by atoms with Gasteiger partial charge in [-0.2, -0.15) is 0 Å². The number of hydrogen-bond acceptors (Lipinski definition) is 4. The van der Waals surface area contributed by atoms with Gasteiger partial charge in [0.2, 0.25) is 0 Å². The Bertz CT molecular complexity index is 408. The molecular formula is C12H13NO4. The van der Waals surface area contributed by atoms with E-state index >= 15 is 0 Å². The van der Waals surface area contributed by atoms with Crippen molar-refractivity contribution in [3.8, 4) is 12.3 Å². The summed E-state index contributed by atoms with van der Waals surface area (Å²) >= 11 is 0. The number of amides is 1. The van der Waals surface area contributed by atoms with E-state index in [4.69, 9.17) is 21.5 Å². The second-order valence-corrected chi connectivity index (χ2v) is 3.28. The maximum atomic E-state index is 10.8. The zero-order valence-electron chi connectivity index (χ0n) is 9.09. The number of nitrogens with one attached hydrogen (secondary N) is 1. The predicted octanol–water partition coefficient (Wildman–Crippen LogP) is 0.223. The summed E-state index contributed by atoms with van der Waals surface area (Å²) in [5.41, 5.74) is 2.87. The fraction of sp³-hybridized carbons (Fsp3) is 0.250. The minimum absolute atomic E-state index is 0.270. The van der Waals surface area contributed by atoms with Crippen LogP contribution in [0.5, 0.6) is 0 Å². The molecule has 1 amide bonds. The number of rotatable bonds is 5. The molecule has 0 saturated heterocycles. The fourth-order valence-electron chi connectivity index (χ4n) is 1.26. The van der Waals surface area contributed by atoms with Crippen LogP contribution in [-0.2, 0) is 9.53 Å². The van der Waals surface area contributed by atoms with Crippen LogP contribution in [0.3, 0.4) is 0 Å². The van der Waals surface area contributed by atoms with Crippen LogP contribution in [0.25, 0.3) is 0 Å². The average Bonchev–Trinajstić information content (AvgIpc) is 2.39. The van der Waals surface area contributed by atoms with E-state index in [2.05, 4.69) is 5.92 Å². The van der Waals surface area contributed by atoms with Gasteiger partial charge in [-0.25, -0.2) is 5.48 Å². The van der Waals surface area contributed by atoms with Crippen LogP contribution in [0.2, 0.25) is 0 Å². The lowest BCUT2D eigenvalue weighted by Crippen LogP contribution is -2.25. The fourth-order valence-corrected chi connectivity index (χ4v) is 1.26. The number of carbonyl (C=O) groups is 1. The zero-order valence-corrected chi connectivity index (χ0v) is 9.09. The van der Waals surface area contributed by atoms with Gasteiger partial charge < -0.3 is 9.84 Å². The van der Waals surface area contributed by atoms with Gasteiger partial charge in [0, 0.05) is 5.56 Å². The van der Waals surface area contributed by atoms with E-state index in [0.29, 0.717) is 5.56 Å². The van der Waals surface area contributed by atoms with Gasteiger partial charge in [0.05, 0.1) is 6.61 Å². The number of terminal acetylenes is 1. The Morgan fingerprint density at radius 3 is 2.59 bits per heavy atom. The Labute approximate surface area is 99.0 Å². The topological polar surface area (TPSA) is 78.8 Å². The molecule has 5 nitrogen and oxygen atoms in total. The lowest BCUT2D eigenvalue weighted by Gasteiger charge is -2.15. The van der Waals surface area contributed by atoms with E-state index in [1.807, 2.05) is 0 Å². The van der Waals surface area contributed by atoms with E-state index in [1.54, 1.807) is 24.3 Å². The van der Waals surface area contributed by atoms with Crippen LogP contribution in [-0.4, -0.2) is 29.4 Å². The largest absolute Gasteiger partial charge is 0.393 e. The second kappa shape index (κ2) is 6.66. The van der Waals surface area contributed by atoms with Crippen LogP contribution >= 0.6 is 0 Å². The van der Waals surface area contributed by atoms with E-state index in [-0.39, 0.29) is 13.2 Å². The third kappa shape index (κ3) is 3.89. The van der Waals surface area contributed by atoms with E-state index in [9.17, 15) is 4.79 Å². The molecule has 1 atom stereocenters. The molecule has 1 aromatic rings. The maximum Gasteiger partial charge on any atom is 0.269 e. The Morgan fingerprint density at radius 2 is 2.12 bits per heavy atom. The number of aliphatic hydroxyl groups excluding tert-OH is 1. The van der Waals surface area contributed by atoms with Crippen LogP contribution < -0.4 is 5.48 Å². The summed E-state index contributed by atoms with van der Waals surface area (Å²) in [4.78, 5) is 10.8. The first-order valence-corrected chi connectivity index (χ1v) is 4.93. The molecular weight excluding hydrogens is 222 g/mol. The minimum Gasteiger partial charge on any atom is -0.393 e. The highest BCUT2D eigenvalue weighted by Crippen LogP contribution is 2.17. The molecule has 3 N–H and O–H groups in total. The van der Waals surface area contributed by atoms with E-state index in [1.165, 1.54) is 5.48 Å². The van der Waals surface area contributed by atoms with Crippen molar-refractivity contribution in [2.24, 2.45) is 0 Å². The monoisotopic (exact) mass is 235 g/mol. The molecule has 0 unspecified atom stereocenters. The molecule has 0 aliphatic rings. The molecule has 5 heteroatoms. The minimum atomic E-state index is -0.677. The standard InChI is InChI=1S/C12H13NO4/c1-2-9-3-5-10(6-4-9)11(7-14)17-8-12(15)13-16/h1,3-6,11,14,16H,7-8H2,(H,13,15)/t11-/m0/s1. The lowest BCUT2D eigenvalue weighted by molar-refractivity contribution is -0.137. The first-order chi connectivity index (χ1) is 8.21. The number of hydroxylamine groups is 1. The van der Waals surface area contributed by atoms with Gasteiger partial charge >= 0.3 is 0 Å². The van der Waals surface area contributed by atoms with Gasteiger partial charge in [-0.3, -0.25) is 10.0 Å². The van der Waals surface area contributed by atoms with Gasteiger partial charge in [0.15, 0.2) is 0 Å². The van der Waals surface area contributed by atoms with Crippen LogP contribution in [0.1, 0.15) is 17.2 Å². The summed E-state index contributed by atoms with van der Waals surface area (Å²) in [7, 11) is 0. The third-order valence-corrected chi connectivity index (χ3v) is 2.16. The van der Waals surface area contributed by atoms with Gasteiger partial charge in [0.25, 0.3) is 5.91 Å². The summed E-state index contributed by atoms with van der Waals surface area (Å²) in [6, 6.07) is 6.86. The molecule has 0 saturated carbocycles. The van der Waals surface area contributed by atoms with Crippen LogP contribution in [0, 0.1) is 12.3 Å². The molecule has 0 fully saturated rings. The van der Waals surface area contributed by atoms with Crippen molar-refractivity contribution in [1.29, 1.82) is 0 Å². The molecule has 0 spiro atoms. The Kier molecular flexibility index (Phi) is 5.17. The van der Waals surface area contributed by atoms with Crippen molar-refractivity contribution >= 4 is 5.91 Å². The summed E-state index contributed by atoms with van der Waals surface area (Å²) in [6.45, 7) is -0.604. The van der Waals surface area contributed by atoms with Crippen molar-refractivity contribution in [2.75, 3.05) is 13.2 Å². The molecule has 0 bridgehead atoms. The number of carbonyl (C=O) groups excluding carboxylic acids is 1. The van der Waals surface area contributed by atoms with E-state index < -0.39 is 12.0 Å². The molecule has 0 aliphatic heterocycles. The molecule has 0 aromatic heterocycles. The predicted molar refractivity (Wildman–Crippen MR) is 60.1 cm³/mol. The second-order valence-electron chi connectivity index (χ2n) is 3.28. The number of aliphatic hydroxyl groups is 1. The van der Waals surface area contributed by atoms with Crippen molar-refractivity contribution in [3.05, 3.63) is 35.4 Å². The normalized spacial score (nSPS) is 11.6. The summed E-state index contributed by atoms with van der Waals surface area (Å²) in [5.74, 6) is 1.79. The van der Waals surface area contributed by atoms with Crippen LogP contribution in [0.4, 0.5) is 0 Å². The molecule has 1 rings (SSSR count). The Morgan fingerprint density at radius 1 is 1.47 bits per heavy atom. The average molecular weight is 235 g/mol. The molecule has 17 heavy (non-hydrogen) atoms. The molecule has 0 heterocycles. The van der Waals surface area contributed by atoms with Crippen LogP contribution in [0.15, 0.2) is 24.3 Å². The summed E-state index contributed by atoms with van der Waals surface area (Å²) < 4.78 is 5.13. The number of hydrogen-bond donors (Lipinski definition) is 3. The Hall–Kier alpha value is -1.87. The molecule has 0 radical (unpaired) electrons.